The summed E-state index contributed by atoms with van der Waals surface area (Å²) in [7, 11) is -3.20. The summed E-state index contributed by atoms with van der Waals surface area (Å²) in [6, 6.07) is 6.47. The molecule has 1 unspecified atom stereocenters. The second-order valence-electron chi connectivity index (χ2n) is 6.21. The van der Waals surface area contributed by atoms with Gasteiger partial charge in [-0.25, -0.2) is 8.42 Å². The van der Waals surface area contributed by atoms with E-state index in [2.05, 4.69) is 5.32 Å². The Bertz CT molecular complexity index is 631. The highest BCUT2D eigenvalue weighted by molar-refractivity contribution is 7.90. The minimum absolute atomic E-state index is 0.0236. The topological polar surface area (TPSA) is 72.5 Å². The number of carbonyl (C=O) groups is 1. The van der Waals surface area contributed by atoms with E-state index in [1.54, 1.807) is 24.3 Å². The molecule has 0 radical (unpaired) electrons. The Labute approximate surface area is 132 Å². The number of ether oxygens (including phenoxy) is 1. The first-order valence-corrected chi connectivity index (χ1v) is 9.30. The molecule has 0 aromatic heterocycles. The number of carbonyl (C=O) groups excluding carboxylic acids is 1. The monoisotopic (exact) mass is 325 g/mol. The number of sulfone groups is 1. The second-order valence-corrected chi connectivity index (χ2v) is 8.23. The summed E-state index contributed by atoms with van der Waals surface area (Å²) in [5, 5.41) is 3.02. The largest absolute Gasteiger partial charge is 0.381 e. The summed E-state index contributed by atoms with van der Waals surface area (Å²) < 4.78 is 28.2. The Hall–Kier alpha value is -1.40. The van der Waals surface area contributed by atoms with Gasteiger partial charge in [-0.3, -0.25) is 4.79 Å². The lowest BCUT2D eigenvalue weighted by atomic mass is 9.81. The zero-order valence-electron chi connectivity index (χ0n) is 13.3. The lowest BCUT2D eigenvalue weighted by molar-refractivity contribution is -0.135. The summed E-state index contributed by atoms with van der Waals surface area (Å²) in [6.45, 7) is 5.09. The van der Waals surface area contributed by atoms with Gasteiger partial charge < -0.3 is 10.1 Å². The first-order valence-electron chi connectivity index (χ1n) is 7.41. The zero-order chi connectivity index (χ0) is 16.4. The minimum Gasteiger partial charge on any atom is -0.381 e. The molecule has 1 aromatic carbocycles. The van der Waals surface area contributed by atoms with Gasteiger partial charge in [0.1, 0.15) is 0 Å². The van der Waals surface area contributed by atoms with Crippen molar-refractivity contribution < 1.29 is 17.9 Å². The molecule has 0 saturated carbocycles. The molecule has 1 aliphatic rings. The first kappa shape index (κ1) is 17.0. The highest BCUT2D eigenvalue weighted by Gasteiger charge is 2.35. The van der Waals surface area contributed by atoms with Crippen molar-refractivity contribution in [3.63, 3.8) is 0 Å². The standard InChI is InChI=1S/C16H23NO4S/c1-12(13-4-6-14(7-5-13)22(3,19)20)17-15(18)16(2)8-10-21-11-9-16/h4-7,12H,8-11H2,1-3H3,(H,17,18). The Kier molecular flexibility index (Phi) is 4.92. The third-order valence-electron chi connectivity index (χ3n) is 4.30. The van der Waals surface area contributed by atoms with E-state index in [1.807, 2.05) is 13.8 Å². The molecule has 1 aliphatic heterocycles. The van der Waals surface area contributed by atoms with E-state index in [-0.39, 0.29) is 22.3 Å². The van der Waals surface area contributed by atoms with E-state index in [1.165, 1.54) is 6.26 Å². The molecule has 1 amide bonds. The van der Waals surface area contributed by atoms with E-state index < -0.39 is 9.84 Å². The van der Waals surface area contributed by atoms with Crippen LogP contribution in [-0.2, 0) is 19.4 Å². The van der Waals surface area contributed by atoms with Crippen LogP contribution in [0.5, 0.6) is 0 Å². The first-order chi connectivity index (χ1) is 10.2. The number of hydrogen-bond donors (Lipinski definition) is 1. The average Bonchev–Trinajstić information content (AvgIpc) is 2.47. The summed E-state index contributed by atoms with van der Waals surface area (Å²) in [5.41, 5.74) is 0.496. The summed E-state index contributed by atoms with van der Waals surface area (Å²) in [6.07, 6.45) is 2.62. The van der Waals surface area contributed by atoms with Crippen LogP contribution in [-0.4, -0.2) is 33.8 Å². The average molecular weight is 325 g/mol. The van der Waals surface area contributed by atoms with Crippen LogP contribution in [0.25, 0.3) is 0 Å². The molecule has 0 bridgehead atoms. The molecule has 5 nitrogen and oxygen atoms in total. The lowest BCUT2D eigenvalue weighted by Gasteiger charge is -2.33. The Morgan fingerprint density at radius 3 is 2.27 bits per heavy atom. The van der Waals surface area contributed by atoms with Gasteiger partial charge in [0.15, 0.2) is 9.84 Å². The number of benzene rings is 1. The highest BCUT2D eigenvalue weighted by Crippen LogP contribution is 2.30. The number of hydrogen-bond acceptors (Lipinski definition) is 4. The van der Waals surface area contributed by atoms with Crippen molar-refractivity contribution in [2.45, 2.75) is 37.6 Å². The van der Waals surface area contributed by atoms with E-state index in [9.17, 15) is 13.2 Å². The quantitative estimate of drug-likeness (QED) is 0.920. The molecule has 1 atom stereocenters. The SMILES string of the molecule is CC(NC(=O)C1(C)CCOCC1)c1ccc(S(C)(=O)=O)cc1. The van der Waals surface area contributed by atoms with Crippen molar-refractivity contribution in [3.05, 3.63) is 29.8 Å². The van der Waals surface area contributed by atoms with Crippen molar-refractivity contribution in [2.75, 3.05) is 19.5 Å². The predicted octanol–water partition coefficient (Wildman–Crippen LogP) is 2.08. The van der Waals surface area contributed by atoms with Gasteiger partial charge in [0, 0.05) is 19.5 Å². The third-order valence-corrected chi connectivity index (χ3v) is 5.43. The second kappa shape index (κ2) is 6.38. The van der Waals surface area contributed by atoms with Crippen LogP contribution in [0.3, 0.4) is 0 Å². The molecule has 1 aromatic rings. The van der Waals surface area contributed by atoms with Gasteiger partial charge in [-0.05, 0) is 37.5 Å². The molecule has 1 saturated heterocycles. The van der Waals surface area contributed by atoms with E-state index >= 15 is 0 Å². The van der Waals surface area contributed by atoms with E-state index in [4.69, 9.17) is 4.74 Å². The van der Waals surface area contributed by atoms with Crippen LogP contribution >= 0.6 is 0 Å². The number of rotatable bonds is 4. The third kappa shape index (κ3) is 3.87. The van der Waals surface area contributed by atoms with Crippen molar-refractivity contribution in [3.8, 4) is 0 Å². The molecule has 1 heterocycles. The summed E-state index contributed by atoms with van der Waals surface area (Å²) in [4.78, 5) is 12.8. The summed E-state index contributed by atoms with van der Waals surface area (Å²) >= 11 is 0. The van der Waals surface area contributed by atoms with Crippen LogP contribution in [0.2, 0.25) is 0 Å². The fourth-order valence-electron chi connectivity index (χ4n) is 2.51. The minimum atomic E-state index is -3.20. The van der Waals surface area contributed by atoms with E-state index in [0.717, 1.165) is 18.4 Å². The van der Waals surface area contributed by atoms with Gasteiger partial charge in [0.05, 0.1) is 16.4 Å². The van der Waals surface area contributed by atoms with Crippen molar-refractivity contribution in [2.24, 2.45) is 5.41 Å². The molecule has 122 valence electrons. The van der Waals surface area contributed by atoms with Gasteiger partial charge in [-0.2, -0.15) is 0 Å². The molecule has 22 heavy (non-hydrogen) atoms. The van der Waals surface area contributed by atoms with Crippen molar-refractivity contribution in [1.29, 1.82) is 0 Å². The van der Waals surface area contributed by atoms with Crippen molar-refractivity contribution in [1.82, 2.24) is 5.32 Å². The molecule has 0 spiro atoms. The van der Waals surface area contributed by atoms with Gasteiger partial charge in [0.25, 0.3) is 0 Å². The molecule has 0 aliphatic carbocycles. The van der Waals surface area contributed by atoms with Gasteiger partial charge in [-0.1, -0.05) is 19.1 Å². The maximum Gasteiger partial charge on any atom is 0.226 e. The molecule has 1 fully saturated rings. The number of nitrogens with one attached hydrogen (secondary N) is 1. The summed E-state index contributed by atoms with van der Waals surface area (Å²) in [5.74, 6) is 0.0236. The zero-order valence-corrected chi connectivity index (χ0v) is 14.1. The van der Waals surface area contributed by atoms with Crippen LogP contribution in [0.4, 0.5) is 0 Å². The van der Waals surface area contributed by atoms with Gasteiger partial charge in [0.2, 0.25) is 5.91 Å². The fraction of sp³-hybridized carbons (Fsp3) is 0.562. The maximum atomic E-state index is 12.5. The molecule has 6 heteroatoms. The van der Waals surface area contributed by atoms with Crippen LogP contribution in [0, 0.1) is 5.41 Å². The van der Waals surface area contributed by atoms with Gasteiger partial charge >= 0.3 is 0 Å². The Morgan fingerprint density at radius 1 is 1.23 bits per heavy atom. The highest BCUT2D eigenvalue weighted by atomic mass is 32.2. The normalized spacial score (nSPS) is 19.4. The lowest BCUT2D eigenvalue weighted by Crippen LogP contribution is -2.43. The predicted molar refractivity (Wildman–Crippen MR) is 84.3 cm³/mol. The van der Waals surface area contributed by atoms with Crippen LogP contribution < -0.4 is 5.32 Å². The van der Waals surface area contributed by atoms with Crippen molar-refractivity contribution >= 4 is 15.7 Å². The fourth-order valence-corrected chi connectivity index (χ4v) is 3.14. The van der Waals surface area contributed by atoms with Crippen LogP contribution in [0.1, 0.15) is 38.3 Å². The number of amides is 1. The molecule has 1 N–H and O–H groups in total. The molecular weight excluding hydrogens is 302 g/mol. The van der Waals surface area contributed by atoms with Crippen LogP contribution in [0.15, 0.2) is 29.2 Å². The molecular formula is C16H23NO4S. The smallest absolute Gasteiger partial charge is 0.226 e. The molecule has 2 rings (SSSR count). The Balaban J connectivity index is 2.05. The Morgan fingerprint density at radius 2 is 1.77 bits per heavy atom. The maximum absolute atomic E-state index is 12.5. The van der Waals surface area contributed by atoms with E-state index in [0.29, 0.717) is 13.2 Å². The van der Waals surface area contributed by atoms with Gasteiger partial charge in [-0.15, -0.1) is 0 Å².